The SMILES string of the molecule is CCN(C)c1nc(N(C)CCO)nc(N(C)CCO)n1. The predicted octanol–water partition coefficient (Wildman–Crippen LogP) is -0.815. The molecule has 0 aliphatic heterocycles. The minimum Gasteiger partial charge on any atom is -0.395 e. The molecule has 8 nitrogen and oxygen atoms in total. The van der Waals surface area contributed by atoms with E-state index in [9.17, 15) is 0 Å². The maximum absolute atomic E-state index is 9.02. The van der Waals surface area contributed by atoms with Crippen LogP contribution in [0.25, 0.3) is 0 Å². The Balaban J connectivity index is 3.13. The standard InChI is InChI=1S/C12H24N6O2/c1-5-16(2)10-13-11(17(3)6-8-19)15-12(14-10)18(4)7-9-20/h19-20H,5-9H2,1-4H3. The molecule has 8 heteroatoms. The van der Waals surface area contributed by atoms with Crippen molar-refractivity contribution in [3.8, 4) is 0 Å². The van der Waals surface area contributed by atoms with Crippen LogP contribution in [0, 0.1) is 0 Å². The first-order chi connectivity index (χ1) is 9.53. The van der Waals surface area contributed by atoms with Crippen molar-refractivity contribution in [3.63, 3.8) is 0 Å². The highest BCUT2D eigenvalue weighted by molar-refractivity contribution is 5.45. The van der Waals surface area contributed by atoms with Gasteiger partial charge in [0.2, 0.25) is 17.8 Å². The van der Waals surface area contributed by atoms with Crippen LogP contribution in [0.2, 0.25) is 0 Å². The summed E-state index contributed by atoms with van der Waals surface area (Å²) in [6, 6.07) is 0. The summed E-state index contributed by atoms with van der Waals surface area (Å²) in [7, 11) is 5.54. The van der Waals surface area contributed by atoms with Crippen molar-refractivity contribution in [1.82, 2.24) is 15.0 Å². The van der Waals surface area contributed by atoms with Crippen molar-refractivity contribution in [1.29, 1.82) is 0 Å². The zero-order chi connectivity index (χ0) is 15.1. The minimum atomic E-state index is 0.0307. The van der Waals surface area contributed by atoms with Crippen LogP contribution >= 0.6 is 0 Å². The minimum absolute atomic E-state index is 0.0307. The molecule has 0 saturated heterocycles. The molecule has 0 unspecified atom stereocenters. The maximum atomic E-state index is 9.02. The summed E-state index contributed by atoms with van der Waals surface area (Å²) in [5.41, 5.74) is 0. The summed E-state index contributed by atoms with van der Waals surface area (Å²) < 4.78 is 0. The average Bonchev–Trinajstić information content (AvgIpc) is 2.46. The number of hydrogen-bond donors (Lipinski definition) is 2. The van der Waals surface area contributed by atoms with Crippen LogP contribution in [-0.2, 0) is 0 Å². The topological polar surface area (TPSA) is 88.9 Å². The van der Waals surface area contributed by atoms with Gasteiger partial charge < -0.3 is 24.9 Å². The Bertz CT molecular complexity index is 387. The Morgan fingerprint density at radius 1 is 0.750 bits per heavy atom. The van der Waals surface area contributed by atoms with E-state index >= 15 is 0 Å². The number of anilines is 3. The molecule has 114 valence electrons. The Hall–Kier alpha value is -1.67. The van der Waals surface area contributed by atoms with Gasteiger partial charge in [-0.15, -0.1) is 0 Å². The van der Waals surface area contributed by atoms with Gasteiger partial charge in [0.25, 0.3) is 0 Å². The van der Waals surface area contributed by atoms with Crippen LogP contribution < -0.4 is 14.7 Å². The quantitative estimate of drug-likeness (QED) is 0.640. The van der Waals surface area contributed by atoms with Crippen LogP contribution in [-0.4, -0.2) is 79.2 Å². The molecule has 2 N–H and O–H groups in total. The molecule has 1 heterocycles. The molecule has 0 aliphatic rings. The Kier molecular flexibility index (Phi) is 6.40. The highest BCUT2D eigenvalue weighted by Gasteiger charge is 2.14. The molecule has 0 bridgehead atoms. The van der Waals surface area contributed by atoms with E-state index < -0.39 is 0 Å². The summed E-state index contributed by atoms with van der Waals surface area (Å²) in [4.78, 5) is 18.6. The number of hydrogen-bond acceptors (Lipinski definition) is 8. The first kappa shape index (κ1) is 16.4. The fourth-order valence-electron chi connectivity index (χ4n) is 1.50. The Labute approximate surface area is 119 Å². The van der Waals surface area contributed by atoms with E-state index in [1.807, 2.05) is 33.0 Å². The van der Waals surface area contributed by atoms with Crippen molar-refractivity contribution in [2.75, 3.05) is 68.7 Å². The lowest BCUT2D eigenvalue weighted by atomic mass is 10.5. The number of aromatic nitrogens is 3. The molecule has 0 spiro atoms. The molecular formula is C12H24N6O2. The molecule has 0 radical (unpaired) electrons. The highest BCUT2D eigenvalue weighted by Crippen LogP contribution is 2.16. The second-order valence-corrected chi connectivity index (χ2v) is 4.54. The molecule has 0 aliphatic carbocycles. The van der Waals surface area contributed by atoms with Crippen LogP contribution in [0.5, 0.6) is 0 Å². The summed E-state index contributed by atoms with van der Waals surface area (Å²) in [5.74, 6) is 1.58. The Morgan fingerprint density at radius 2 is 1.10 bits per heavy atom. The molecule has 0 fully saturated rings. The highest BCUT2D eigenvalue weighted by atomic mass is 16.3. The lowest BCUT2D eigenvalue weighted by molar-refractivity contribution is 0.303. The van der Waals surface area contributed by atoms with E-state index in [4.69, 9.17) is 10.2 Å². The van der Waals surface area contributed by atoms with Crippen molar-refractivity contribution >= 4 is 17.8 Å². The molecule has 0 amide bonds. The van der Waals surface area contributed by atoms with Crippen molar-refractivity contribution in [3.05, 3.63) is 0 Å². The van der Waals surface area contributed by atoms with Gasteiger partial charge >= 0.3 is 0 Å². The summed E-state index contributed by atoms with van der Waals surface area (Å²) in [6.07, 6.45) is 0. The maximum Gasteiger partial charge on any atom is 0.231 e. The second-order valence-electron chi connectivity index (χ2n) is 4.54. The summed E-state index contributed by atoms with van der Waals surface area (Å²) in [6.45, 7) is 3.74. The van der Waals surface area contributed by atoms with E-state index in [1.165, 1.54) is 0 Å². The first-order valence-corrected chi connectivity index (χ1v) is 6.64. The number of aliphatic hydroxyl groups is 2. The monoisotopic (exact) mass is 284 g/mol. The predicted molar refractivity (Wildman–Crippen MR) is 79.5 cm³/mol. The summed E-state index contributed by atoms with van der Waals surface area (Å²) >= 11 is 0. The second kappa shape index (κ2) is 7.81. The molecule has 0 aromatic carbocycles. The molecule has 0 saturated carbocycles. The van der Waals surface area contributed by atoms with E-state index in [2.05, 4.69) is 15.0 Å². The fraction of sp³-hybridized carbons (Fsp3) is 0.750. The van der Waals surface area contributed by atoms with Gasteiger partial charge in [-0.1, -0.05) is 0 Å². The molecule has 1 aromatic heterocycles. The van der Waals surface area contributed by atoms with Gasteiger partial charge in [0, 0.05) is 40.8 Å². The van der Waals surface area contributed by atoms with Gasteiger partial charge in [-0.25, -0.2) is 0 Å². The molecular weight excluding hydrogens is 260 g/mol. The zero-order valence-corrected chi connectivity index (χ0v) is 12.6. The smallest absolute Gasteiger partial charge is 0.231 e. The number of rotatable bonds is 8. The lowest BCUT2D eigenvalue weighted by Gasteiger charge is -2.23. The molecule has 1 rings (SSSR count). The molecule has 20 heavy (non-hydrogen) atoms. The van der Waals surface area contributed by atoms with E-state index in [0.717, 1.165) is 6.54 Å². The normalized spacial score (nSPS) is 10.5. The fourth-order valence-corrected chi connectivity index (χ4v) is 1.50. The third kappa shape index (κ3) is 4.17. The summed E-state index contributed by atoms with van der Waals surface area (Å²) in [5, 5.41) is 18.0. The third-order valence-electron chi connectivity index (χ3n) is 2.97. The number of nitrogens with zero attached hydrogens (tertiary/aromatic N) is 6. The van der Waals surface area contributed by atoms with Gasteiger partial charge in [-0.3, -0.25) is 0 Å². The number of aliphatic hydroxyl groups excluding tert-OH is 2. The Morgan fingerprint density at radius 3 is 1.40 bits per heavy atom. The lowest BCUT2D eigenvalue weighted by Crippen LogP contribution is -2.29. The van der Waals surface area contributed by atoms with Gasteiger partial charge in [0.05, 0.1) is 13.2 Å². The van der Waals surface area contributed by atoms with Crippen molar-refractivity contribution in [2.45, 2.75) is 6.92 Å². The molecule has 0 atom stereocenters. The van der Waals surface area contributed by atoms with Gasteiger partial charge in [0.15, 0.2) is 0 Å². The number of likely N-dealkylation sites (N-methyl/N-ethyl adjacent to an activating group) is 2. The van der Waals surface area contributed by atoms with Crippen molar-refractivity contribution in [2.24, 2.45) is 0 Å². The van der Waals surface area contributed by atoms with Gasteiger partial charge in [0.1, 0.15) is 0 Å². The largest absolute Gasteiger partial charge is 0.395 e. The van der Waals surface area contributed by atoms with Crippen LogP contribution in [0.4, 0.5) is 17.8 Å². The first-order valence-electron chi connectivity index (χ1n) is 6.64. The van der Waals surface area contributed by atoms with Crippen molar-refractivity contribution < 1.29 is 10.2 Å². The third-order valence-corrected chi connectivity index (χ3v) is 2.97. The van der Waals surface area contributed by atoms with E-state index in [-0.39, 0.29) is 13.2 Å². The van der Waals surface area contributed by atoms with E-state index in [1.54, 1.807) is 9.80 Å². The van der Waals surface area contributed by atoms with Crippen LogP contribution in [0.1, 0.15) is 6.92 Å². The van der Waals surface area contributed by atoms with Crippen LogP contribution in [0.3, 0.4) is 0 Å². The van der Waals surface area contributed by atoms with Crippen LogP contribution in [0.15, 0.2) is 0 Å². The van der Waals surface area contributed by atoms with Gasteiger partial charge in [-0.2, -0.15) is 15.0 Å². The van der Waals surface area contributed by atoms with E-state index in [0.29, 0.717) is 30.9 Å². The molecule has 1 aromatic rings. The van der Waals surface area contributed by atoms with Gasteiger partial charge in [-0.05, 0) is 6.92 Å². The average molecular weight is 284 g/mol. The zero-order valence-electron chi connectivity index (χ0n) is 12.6.